The van der Waals surface area contributed by atoms with Gasteiger partial charge in [-0.15, -0.1) is 0 Å². The fourth-order valence-corrected chi connectivity index (χ4v) is 0.604. The summed E-state index contributed by atoms with van der Waals surface area (Å²) in [6.45, 7) is 0.542. The lowest BCUT2D eigenvalue weighted by molar-refractivity contribution is 0.431. The predicted octanol–water partition coefficient (Wildman–Crippen LogP) is 1.63. The summed E-state index contributed by atoms with van der Waals surface area (Å²) in [7, 11) is 0. The van der Waals surface area contributed by atoms with Crippen LogP contribution in [0.5, 0.6) is 0 Å². The number of nitrogens with zero attached hydrogens (tertiary/aromatic N) is 1. The zero-order chi connectivity index (χ0) is 7.23. The van der Waals surface area contributed by atoms with Crippen LogP contribution in [-0.4, -0.2) is 17.9 Å². The van der Waals surface area contributed by atoms with Crippen molar-refractivity contribution in [3.63, 3.8) is 0 Å². The molecule has 2 nitrogen and oxygen atoms in total. The van der Waals surface area contributed by atoms with E-state index in [1.54, 1.807) is 24.4 Å². The van der Waals surface area contributed by atoms with Crippen molar-refractivity contribution < 1.29 is 5.11 Å². The molecule has 0 bridgehead atoms. The van der Waals surface area contributed by atoms with Crippen LogP contribution in [0.1, 0.15) is 0 Å². The Morgan fingerprint density at radius 1 is 1.30 bits per heavy atom. The molecule has 1 rings (SSSR count). The highest BCUT2D eigenvalue weighted by atomic mass is 16.3. The molecule has 0 unspecified atom stereocenters. The summed E-state index contributed by atoms with van der Waals surface area (Å²) >= 11 is 0. The molecule has 1 aliphatic rings. The van der Waals surface area contributed by atoms with Crippen molar-refractivity contribution in [3.8, 4) is 0 Å². The minimum Gasteiger partial charge on any atom is -0.508 e. The van der Waals surface area contributed by atoms with Gasteiger partial charge < -0.3 is 5.11 Å². The molecule has 52 valence electrons. The molecule has 0 aromatic carbocycles. The third kappa shape index (κ3) is 2.31. The highest BCUT2D eigenvalue weighted by Gasteiger charge is 1.82. The van der Waals surface area contributed by atoms with Gasteiger partial charge in [0.25, 0.3) is 0 Å². The van der Waals surface area contributed by atoms with E-state index in [0.717, 1.165) is 0 Å². The quantitative estimate of drug-likeness (QED) is 0.538. The van der Waals surface area contributed by atoms with Crippen LogP contribution in [0.15, 0.2) is 41.1 Å². The first-order valence-electron chi connectivity index (χ1n) is 3.12. The molecule has 0 atom stereocenters. The second kappa shape index (κ2) is 3.67. The van der Waals surface area contributed by atoms with Crippen LogP contribution in [-0.2, 0) is 0 Å². The molecule has 1 heterocycles. The Balaban J connectivity index is 2.72. The molecule has 0 aliphatic carbocycles. The normalized spacial score (nSPS) is 29.0. The first-order chi connectivity index (χ1) is 4.89. The van der Waals surface area contributed by atoms with Gasteiger partial charge >= 0.3 is 0 Å². The van der Waals surface area contributed by atoms with E-state index < -0.39 is 0 Å². The van der Waals surface area contributed by atoms with Gasteiger partial charge in [-0.25, -0.2) is 0 Å². The number of hydrogen-bond donors (Lipinski definition) is 1. The average Bonchev–Trinajstić information content (AvgIpc) is 2.02. The van der Waals surface area contributed by atoms with Crippen LogP contribution >= 0.6 is 0 Å². The van der Waals surface area contributed by atoms with E-state index in [0.29, 0.717) is 6.54 Å². The largest absolute Gasteiger partial charge is 0.508 e. The third-order valence-corrected chi connectivity index (χ3v) is 1.09. The predicted molar refractivity (Wildman–Crippen MR) is 42.4 cm³/mol. The molecular formula is C8H9NO. The van der Waals surface area contributed by atoms with E-state index in [1.807, 2.05) is 12.2 Å². The fourth-order valence-electron chi connectivity index (χ4n) is 0.604. The summed E-state index contributed by atoms with van der Waals surface area (Å²) in [5.74, 6) is 0.267. The Hall–Kier alpha value is -1.31. The van der Waals surface area contributed by atoms with Crippen LogP contribution in [0, 0.1) is 0 Å². The number of hydrogen-bond acceptors (Lipinski definition) is 2. The number of allylic oxidation sites excluding steroid dienone is 4. The molecule has 0 aromatic heterocycles. The zero-order valence-corrected chi connectivity index (χ0v) is 5.57. The van der Waals surface area contributed by atoms with Gasteiger partial charge in [-0.1, -0.05) is 12.2 Å². The van der Waals surface area contributed by atoms with Crippen LogP contribution in [0.4, 0.5) is 0 Å². The molecule has 0 fully saturated rings. The van der Waals surface area contributed by atoms with Crippen LogP contribution in [0.25, 0.3) is 0 Å². The molecule has 0 radical (unpaired) electrons. The van der Waals surface area contributed by atoms with Crippen molar-refractivity contribution in [2.24, 2.45) is 4.99 Å². The van der Waals surface area contributed by atoms with Crippen LogP contribution < -0.4 is 0 Å². The summed E-state index contributed by atoms with van der Waals surface area (Å²) in [6, 6.07) is 0. The van der Waals surface area contributed by atoms with Crippen molar-refractivity contribution in [3.05, 3.63) is 36.1 Å². The Morgan fingerprint density at radius 3 is 3.10 bits per heavy atom. The molecule has 1 N–H and O–H groups in total. The topological polar surface area (TPSA) is 32.6 Å². The Morgan fingerprint density at radius 2 is 2.20 bits per heavy atom. The van der Waals surface area contributed by atoms with E-state index in [9.17, 15) is 0 Å². The molecule has 0 spiro atoms. The second-order valence-corrected chi connectivity index (χ2v) is 1.89. The maximum atomic E-state index is 9.01. The smallest absolute Gasteiger partial charge is 0.113 e. The maximum Gasteiger partial charge on any atom is 0.113 e. The summed E-state index contributed by atoms with van der Waals surface area (Å²) in [4.78, 5) is 3.95. The van der Waals surface area contributed by atoms with Gasteiger partial charge in [0, 0.05) is 6.21 Å². The van der Waals surface area contributed by atoms with E-state index in [4.69, 9.17) is 5.11 Å². The number of rotatable bonds is 0. The van der Waals surface area contributed by atoms with E-state index in [2.05, 4.69) is 4.99 Å². The Labute approximate surface area is 59.9 Å². The summed E-state index contributed by atoms with van der Waals surface area (Å²) in [6.07, 6.45) is 10.4. The first kappa shape index (κ1) is 6.81. The minimum absolute atomic E-state index is 0.267. The molecule has 0 saturated carbocycles. The van der Waals surface area contributed by atoms with Gasteiger partial charge in [0.2, 0.25) is 0 Å². The lowest BCUT2D eigenvalue weighted by atomic mass is 10.4. The fraction of sp³-hybridized carbons (Fsp3) is 0.125. The van der Waals surface area contributed by atoms with Gasteiger partial charge in [-0.3, -0.25) is 4.99 Å². The standard InChI is InChI=1S/C8H9NO/c10-8-4-2-1-3-6-9-7-5-8/h1-6,10H,7H2/b3-1-,4-2-,8-5+,9-6?. The number of aliphatic hydroxyl groups is 1. The molecular weight excluding hydrogens is 126 g/mol. The highest BCUT2D eigenvalue weighted by Crippen LogP contribution is 1.92. The molecule has 1 aliphatic heterocycles. The molecule has 2 heteroatoms. The van der Waals surface area contributed by atoms with Crippen molar-refractivity contribution in [2.45, 2.75) is 0 Å². The Bertz CT molecular complexity index is 209. The van der Waals surface area contributed by atoms with Gasteiger partial charge in [0.05, 0.1) is 6.54 Å². The van der Waals surface area contributed by atoms with Crippen molar-refractivity contribution in [2.75, 3.05) is 6.54 Å². The molecule has 0 saturated heterocycles. The van der Waals surface area contributed by atoms with Crippen LogP contribution in [0.2, 0.25) is 0 Å². The van der Waals surface area contributed by atoms with Crippen molar-refractivity contribution in [1.82, 2.24) is 0 Å². The molecule has 0 amide bonds. The average molecular weight is 135 g/mol. The van der Waals surface area contributed by atoms with Gasteiger partial charge in [-0.2, -0.15) is 0 Å². The van der Waals surface area contributed by atoms with Crippen molar-refractivity contribution >= 4 is 6.21 Å². The Kier molecular flexibility index (Phi) is 2.49. The lowest BCUT2D eigenvalue weighted by Crippen LogP contribution is -1.77. The number of aliphatic imine (C=N–C) groups is 1. The highest BCUT2D eigenvalue weighted by molar-refractivity contribution is 5.71. The monoisotopic (exact) mass is 135 g/mol. The summed E-state index contributed by atoms with van der Waals surface area (Å²) in [5.41, 5.74) is 0. The minimum atomic E-state index is 0.267. The van der Waals surface area contributed by atoms with E-state index in [1.165, 1.54) is 0 Å². The summed E-state index contributed by atoms with van der Waals surface area (Å²) < 4.78 is 0. The number of aliphatic hydroxyl groups excluding tert-OH is 1. The van der Waals surface area contributed by atoms with Gasteiger partial charge in [0.1, 0.15) is 5.76 Å². The molecule has 10 heavy (non-hydrogen) atoms. The van der Waals surface area contributed by atoms with Crippen molar-refractivity contribution in [1.29, 1.82) is 0 Å². The van der Waals surface area contributed by atoms with Gasteiger partial charge in [0.15, 0.2) is 0 Å². The van der Waals surface area contributed by atoms with E-state index >= 15 is 0 Å². The zero-order valence-electron chi connectivity index (χ0n) is 5.57. The molecule has 0 aromatic rings. The van der Waals surface area contributed by atoms with Gasteiger partial charge in [-0.05, 0) is 18.2 Å². The second-order valence-electron chi connectivity index (χ2n) is 1.89. The SMILES string of the molecule is OC1=C/CN=C\C=C/C=C\1. The first-order valence-corrected chi connectivity index (χ1v) is 3.12. The summed E-state index contributed by atoms with van der Waals surface area (Å²) in [5, 5.41) is 9.01. The van der Waals surface area contributed by atoms with Crippen LogP contribution in [0.3, 0.4) is 0 Å². The maximum absolute atomic E-state index is 9.01. The van der Waals surface area contributed by atoms with E-state index in [-0.39, 0.29) is 5.76 Å². The third-order valence-electron chi connectivity index (χ3n) is 1.09. The lowest BCUT2D eigenvalue weighted by Gasteiger charge is -1.85.